The minimum Gasteiger partial charge on any atom is -0.428 e. The molecule has 0 fully saturated rings. The monoisotopic (exact) mass is 196 g/mol. The van der Waals surface area contributed by atoms with Gasteiger partial charge in [0.05, 0.1) is 0 Å². The van der Waals surface area contributed by atoms with Crippen molar-refractivity contribution in [2.75, 3.05) is 6.61 Å². The van der Waals surface area contributed by atoms with Crippen LogP contribution >= 0.6 is 0 Å². The number of carbonyl (C=O) groups is 1. The minimum absolute atomic E-state index is 0.0162. The summed E-state index contributed by atoms with van der Waals surface area (Å²) in [7, 11) is 0. The fraction of sp³-hybridized carbons (Fsp3) is 0.100. The van der Waals surface area contributed by atoms with Crippen LogP contribution in [-0.2, 0) is 9.68 Å². The van der Waals surface area contributed by atoms with E-state index in [9.17, 15) is 9.32 Å². The molecule has 1 rings (SSSR count). The van der Waals surface area contributed by atoms with Crippen molar-refractivity contribution in [1.29, 1.82) is 0 Å². The first-order chi connectivity index (χ1) is 6.83. The first kappa shape index (κ1) is 10.2. The molecule has 0 N–H and O–H groups in total. The van der Waals surface area contributed by atoms with E-state index in [2.05, 4.69) is 9.68 Å². The lowest BCUT2D eigenvalue weighted by Crippen LogP contribution is -2.01. The zero-order valence-corrected chi connectivity index (χ0v) is 7.35. The maximum absolute atomic E-state index is 11.1. The normalized spacial score (nSPS) is 10.1. The highest BCUT2D eigenvalue weighted by Gasteiger charge is 1.99. The lowest BCUT2D eigenvalue weighted by atomic mass is 10.2. The van der Waals surface area contributed by atoms with E-state index in [-0.39, 0.29) is 6.61 Å². The van der Waals surface area contributed by atoms with Gasteiger partial charge in [-0.25, -0.2) is 9.74 Å². The highest BCUT2D eigenvalue weighted by atomic mass is 19.3. The van der Waals surface area contributed by atoms with Crippen molar-refractivity contribution < 1.29 is 19.0 Å². The molecule has 3 nitrogen and oxygen atoms in total. The summed E-state index contributed by atoms with van der Waals surface area (Å²) < 4.78 is 15.4. The Morgan fingerprint density at radius 2 is 2.07 bits per heavy atom. The van der Waals surface area contributed by atoms with Gasteiger partial charge < -0.3 is 4.74 Å². The van der Waals surface area contributed by atoms with Gasteiger partial charge in [-0.3, -0.25) is 0 Å². The van der Waals surface area contributed by atoms with Crippen molar-refractivity contribution in [3.05, 3.63) is 42.0 Å². The second-order valence-corrected chi connectivity index (χ2v) is 2.45. The summed E-state index contributed by atoms with van der Waals surface area (Å²) in [6.07, 6.45) is 2.01. The Morgan fingerprint density at radius 3 is 2.71 bits per heavy atom. The topological polar surface area (TPSA) is 35.5 Å². The minimum atomic E-state index is -1.33. The smallest absolute Gasteiger partial charge is 0.428 e. The van der Waals surface area contributed by atoms with Crippen molar-refractivity contribution in [1.82, 2.24) is 0 Å². The molecule has 0 bridgehead atoms. The quantitative estimate of drug-likeness (QED) is 0.697. The number of rotatable bonds is 3. The summed E-state index contributed by atoms with van der Waals surface area (Å²) in [5.41, 5.74) is 0.977. The van der Waals surface area contributed by atoms with Crippen molar-refractivity contribution >= 4 is 12.2 Å². The van der Waals surface area contributed by atoms with Gasteiger partial charge in [-0.15, -0.1) is 0 Å². The molecule has 0 spiro atoms. The van der Waals surface area contributed by atoms with Crippen LogP contribution in [0.4, 0.5) is 9.32 Å². The summed E-state index contributed by atoms with van der Waals surface area (Å²) >= 11 is 0. The molecule has 0 aliphatic heterocycles. The van der Waals surface area contributed by atoms with Crippen LogP contribution in [0.2, 0.25) is 0 Å². The maximum atomic E-state index is 11.1. The Bertz CT molecular complexity index is 308. The molecule has 0 heterocycles. The molecule has 74 valence electrons. The summed E-state index contributed by atoms with van der Waals surface area (Å²) in [4.78, 5) is 13.0. The van der Waals surface area contributed by atoms with Crippen LogP contribution in [-0.4, -0.2) is 12.8 Å². The third-order valence-corrected chi connectivity index (χ3v) is 1.47. The lowest BCUT2D eigenvalue weighted by molar-refractivity contribution is -0.0979. The third-order valence-electron chi connectivity index (χ3n) is 1.47. The highest BCUT2D eigenvalue weighted by molar-refractivity contribution is 5.59. The van der Waals surface area contributed by atoms with E-state index in [1.165, 1.54) is 0 Å². The summed E-state index contributed by atoms with van der Waals surface area (Å²) in [6, 6.07) is 9.45. The maximum Gasteiger partial charge on any atom is 0.545 e. The Kier molecular flexibility index (Phi) is 4.20. The van der Waals surface area contributed by atoms with Crippen molar-refractivity contribution in [3.8, 4) is 0 Å². The number of hydrogen-bond donors (Lipinski definition) is 0. The van der Waals surface area contributed by atoms with Crippen LogP contribution in [0.1, 0.15) is 5.56 Å². The number of halogens is 1. The molecule has 0 radical (unpaired) electrons. The number of ether oxygens (including phenoxy) is 1. The third kappa shape index (κ3) is 3.71. The molecule has 0 saturated carbocycles. The molecule has 0 aliphatic rings. The van der Waals surface area contributed by atoms with Gasteiger partial charge >= 0.3 is 6.16 Å². The van der Waals surface area contributed by atoms with E-state index < -0.39 is 6.16 Å². The van der Waals surface area contributed by atoms with Crippen LogP contribution in [0.3, 0.4) is 0 Å². The van der Waals surface area contributed by atoms with E-state index >= 15 is 0 Å². The van der Waals surface area contributed by atoms with Gasteiger partial charge in [0, 0.05) is 4.53 Å². The summed E-state index contributed by atoms with van der Waals surface area (Å²) in [5.74, 6) is 0. The molecule has 4 heteroatoms. The molecule has 0 amide bonds. The molecular weight excluding hydrogens is 187 g/mol. The lowest BCUT2D eigenvalue weighted by Gasteiger charge is -1.94. The number of carbonyl (C=O) groups excluding carboxylic acids is 1. The number of benzene rings is 1. The molecule has 1 aromatic rings. The van der Waals surface area contributed by atoms with Crippen molar-refractivity contribution in [3.63, 3.8) is 0 Å². The average molecular weight is 196 g/mol. The molecule has 0 saturated heterocycles. The SMILES string of the molecule is O=C(OF)OC/C=C/c1ccccc1. The van der Waals surface area contributed by atoms with E-state index in [0.717, 1.165) is 5.56 Å². The van der Waals surface area contributed by atoms with Crippen LogP contribution in [0.25, 0.3) is 6.08 Å². The molecule has 0 unspecified atom stereocenters. The van der Waals surface area contributed by atoms with Crippen molar-refractivity contribution in [2.24, 2.45) is 0 Å². The molecular formula is C10H9FO3. The fourth-order valence-corrected chi connectivity index (χ4v) is 0.887. The van der Waals surface area contributed by atoms with Crippen LogP contribution in [0.5, 0.6) is 0 Å². The molecule has 0 aromatic heterocycles. The highest BCUT2D eigenvalue weighted by Crippen LogP contribution is 2.00. The average Bonchev–Trinajstić information content (AvgIpc) is 2.25. The predicted octanol–water partition coefficient (Wildman–Crippen LogP) is 2.74. The second kappa shape index (κ2) is 5.75. The van der Waals surface area contributed by atoms with Gasteiger partial charge in [-0.1, -0.05) is 36.4 Å². The van der Waals surface area contributed by atoms with E-state index in [1.54, 1.807) is 12.2 Å². The van der Waals surface area contributed by atoms with Gasteiger partial charge in [0.25, 0.3) is 0 Å². The molecule has 1 aromatic carbocycles. The van der Waals surface area contributed by atoms with Gasteiger partial charge in [0.15, 0.2) is 0 Å². The van der Waals surface area contributed by atoms with Gasteiger partial charge in [0.2, 0.25) is 0 Å². The Balaban J connectivity index is 2.31. The fourth-order valence-electron chi connectivity index (χ4n) is 0.887. The Labute approximate surface area is 80.7 Å². The zero-order chi connectivity index (χ0) is 10.2. The molecule has 14 heavy (non-hydrogen) atoms. The first-order valence-corrected chi connectivity index (χ1v) is 4.00. The van der Waals surface area contributed by atoms with Crippen molar-refractivity contribution in [2.45, 2.75) is 0 Å². The largest absolute Gasteiger partial charge is 0.545 e. The van der Waals surface area contributed by atoms with Crippen LogP contribution < -0.4 is 0 Å². The Hall–Kier alpha value is -1.84. The van der Waals surface area contributed by atoms with Gasteiger partial charge in [0.1, 0.15) is 6.61 Å². The van der Waals surface area contributed by atoms with Crippen LogP contribution in [0, 0.1) is 0 Å². The molecule has 0 atom stereocenters. The van der Waals surface area contributed by atoms with E-state index in [0.29, 0.717) is 0 Å². The Morgan fingerprint density at radius 1 is 1.36 bits per heavy atom. The zero-order valence-electron chi connectivity index (χ0n) is 7.35. The first-order valence-electron chi connectivity index (χ1n) is 4.00. The second-order valence-electron chi connectivity index (χ2n) is 2.45. The van der Waals surface area contributed by atoms with Crippen LogP contribution in [0.15, 0.2) is 36.4 Å². The van der Waals surface area contributed by atoms with E-state index in [4.69, 9.17) is 0 Å². The van der Waals surface area contributed by atoms with E-state index in [1.807, 2.05) is 30.3 Å². The standard InChI is InChI=1S/C10H9FO3/c11-14-10(12)13-8-4-7-9-5-2-1-3-6-9/h1-7H,8H2/b7-4+. The number of hydrogen-bond acceptors (Lipinski definition) is 3. The predicted molar refractivity (Wildman–Crippen MR) is 49.0 cm³/mol. The van der Waals surface area contributed by atoms with Gasteiger partial charge in [-0.2, -0.15) is 0 Å². The summed E-state index contributed by atoms with van der Waals surface area (Å²) in [6.45, 7) is -0.0162. The van der Waals surface area contributed by atoms with Gasteiger partial charge in [-0.05, 0) is 11.6 Å². The summed E-state index contributed by atoms with van der Waals surface area (Å²) in [5, 5.41) is 0. The molecule has 0 aliphatic carbocycles.